The molecule has 1 atom stereocenters. The van der Waals surface area contributed by atoms with Crippen molar-refractivity contribution in [3.05, 3.63) is 29.8 Å². The SMILES string of the molecule is CC(C)(C)[C@@H](c1cccc(OC(F)(F)C(F)F)c1)N1CCNCC1. The first-order valence-corrected chi connectivity index (χ1v) is 8.01. The van der Waals surface area contributed by atoms with E-state index < -0.39 is 12.5 Å². The van der Waals surface area contributed by atoms with E-state index >= 15 is 0 Å². The molecule has 1 fully saturated rings. The number of alkyl halides is 4. The van der Waals surface area contributed by atoms with Crippen LogP contribution in [-0.2, 0) is 0 Å². The first kappa shape index (κ1) is 19.0. The highest BCUT2D eigenvalue weighted by molar-refractivity contribution is 5.32. The van der Waals surface area contributed by atoms with Gasteiger partial charge in [0.2, 0.25) is 0 Å². The van der Waals surface area contributed by atoms with Crippen LogP contribution in [0.25, 0.3) is 0 Å². The highest BCUT2D eigenvalue weighted by Gasteiger charge is 2.44. The molecule has 0 aromatic heterocycles. The molecular weight excluding hydrogens is 324 g/mol. The van der Waals surface area contributed by atoms with E-state index in [2.05, 4.69) is 35.7 Å². The monoisotopic (exact) mass is 348 g/mol. The quantitative estimate of drug-likeness (QED) is 0.817. The third kappa shape index (κ3) is 4.60. The van der Waals surface area contributed by atoms with Crippen molar-refractivity contribution in [2.45, 2.75) is 39.3 Å². The van der Waals surface area contributed by atoms with E-state index in [4.69, 9.17) is 0 Å². The molecule has 0 unspecified atom stereocenters. The average molecular weight is 348 g/mol. The minimum atomic E-state index is -4.50. The molecule has 0 radical (unpaired) electrons. The van der Waals surface area contributed by atoms with E-state index in [1.54, 1.807) is 6.07 Å². The van der Waals surface area contributed by atoms with Gasteiger partial charge in [-0.05, 0) is 23.1 Å². The molecule has 1 N–H and O–H groups in total. The van der Waals surface area contributed by atoms with Gasteiger partial charge in [-0.1, -0.05) is 32.9 Å². The molecule has 0 spiro atoms. The van der Waals surface area contributed by atoms with Crippen molar-refractivity contribution in [2.75, 3.05) is 26.2 Å². The molecule has 1 heterocycles. The molecule has 24 heavy (non-hydrogen) atoms. The standard InChI is InChI=1S/C17H24F4N2O/c1-16(2,3)14(23-9-7-22-8-10-23)12-5-4-6-13(11-12)24-17(20,21)15(18)19/h4-6,11,14-15,22H,7-10H2,1-3H3/t14-/m1/s1. The van der Waals surface area contributed by atoms with E-state index in [1.807, 2.05) is 6.07 Å². The topological polar surface area (TPSA) is 24.5 Å². The number of hydrogen-bond donors (Lipinski definition) is 1. The molecule has 0 aliphatic carbocycles. The number of rotatable bonds is 5. The molecule has 0 saturated carbocycles. The van der Waals surface area contributed by atoms with Crippen molar-refractivity contribution in [2.24, 2.45) is 5.41 Å². The summed E-state index contributed by atoms with van der Waals surface area (Å²) in [6, 6.07) is 6.08. The van der Waals surface area contributed by atoms with Gasteiger partial charge in [-0.2, -0.15) is 17.6 Å². The Morgan fingerprint density at radius 3 is 2.29 bits per heavy atom. The fraction of sp³-hybridized carbons (Fsp3) is 0.647. The van der Waals surface area contributed by atoms with Crippen molar-refractivity contribution in [1.82, 2.24) is 10.2 Å². The zero-order valence-electron chi connectivity index (χ0n) is 14.2. The molecule has 7 heteroatoms. The number of nitrogens with one attached hydrogen (secondary N) is 1. The van der Waals surface area contributed by atoms with Gasteiger partial charge in [-0.3, -0.25) is 4.90 Å². The lowest BCUT2D eigenvalue weighted by atomic mass is 9.81. The molecule has 1 aromatic rings. The number of benzene rings is 1. The Labute approximate surface area is 140 Å². The van der Waals surface area contributed by atoms with Crippen LogP contribution in [0.2, 0.25) is 0 Å². The van der Waals surface area contributed by atoms with Gasteiger partial charge in [0.05, 0.1) is 0 Å². The second kappa shape index (κ2) is 7.27. The molecule has 1 aliphatic heterocycles. The first-order valence-electron chi connectivity index (χ1n) is 8.01. The number of nitrogens with zero attached hydrogens (tertiary/aromatic N) is 1. The first-order chi connectivity index (χ1) is 11.1. The number of hydrogen-bond acceptors (Lipinski definition) is 3. The van der Waals surface area contributed by atoms with Crippen LogP contribution in [0.5, 0.6) is 5.75 Å². The van der Waals surface area contributed by atoms with Crippen molar-refractivity contribution in [1.29, 1.82) is 0 Å². The van der Waals surface area contributed by atoms with Gasteiger partial charge in [-0.25, -0.2) is 0 Å². The Balaban J connectivity index is 2.29. The van der Waals surface area contributed by atoms with Crippen molar-refractivity contribution < 1.29 is 22.3 Å². The molecule has 136 valence electrons. The molecular formula is C17H24F4N2O. The van der Waals surface area contributed by atoms with Crippen LogP contribution < -0.4 is 10.1 Å². The van der Waals surface area contributed by atoms with Crippen LogP contribution in [0.15, 0.2) is 24.3 Å². The summed E-state index contributed by atoms with van der Waals surface area (Å²) < 4.78 is 55.3. The largest absolute Gasteiger partial charge is 0.461 e. The maximum absolute atomic E-state index is 13.2. The van der Waals surface area contributed by atoms with Gasteiger partial charge < -0.3 is 10.1 Å². The highest BCUT2D eigenvalue weighted by atomic mass is 19.3. The summed E-state index contributed by atoms with van der Waals surface area (Å²) in [5, 5.41) is 3.28. The predicted molar refractivity (Wildman–Crippen MR) is 84.7 cm³/mol. The van der Waals surface area contributed by atoms with Gasteiger partial charge >= 0.3 is 12.5 Å². The fourth-order valence-corrected chi connectivity index (χ4v) is 3.15. The van der Waals surface area contributed by atoms with Crippen LogP contribution in [-0.4, -0.2) is 43.6 Å². The van der Waals surface area contributed by atoms with Gasteiger partial charge in [-0.15, -0.1) is 0 Å². The smallest absolute Gasteiger partial charge is 0.428 e. The van der Waals surface area contributed by atoms with Crippen LogP contribution in [0.1, 0.15) is 32.4 Å². The lowest BCUT2D eigenvalue weighted by molar-refractivity contribution is -0.253. The molecule has 0 bridgehead atoms. The third-order valence-electron chi connectivity index (χ3n) is 4.02. The van der Waals surface area contributed by atoms with E-state index in [0.29, 0.717) is 0 Å². The molecule has 1 aliphatic rings. The lowest BCUT2D eigenvalue weighted by Crippen LogP contribution is -2.48. The van der Waals surface area contributed by atoms with Crippen LogP contribution in [0.3, 0.4) is 0 Å². The molecule has 1 aromatic carbocycles. The summed E-state index contributed by atoms with van der Waals surface area (Å²) in [5.74, 6) is -0.248. The summed E-state index contributed by atoms with van der Waals surface area (Å²) in [6.45, 7) is 9.59. The maximum atomic E-state index is 13.2. The van der Waals surface area contributed by atoms with Gasteiger partial charge in [0.25, 0.3) is 0 Å². The minimum absolute atomic E-state index is 0.0247. The normalized spacial score (nSPS) is 18.7. The third-order valence-corrected chi connectivity index (χ3v) is 4.02. The molecule has 2 rings (SSSR count). The van der Waals surface area contributed by atoms with Gasteiger partial charge in [0.15, 0.2) is 0 Å². The highest BCUT2D eigenvalue weighted by Crippen LogP contribution is 2.39. The fourth-order valence-electron chi connectivity index (χ4n) is 3.15. The number of ether oxygens (including phenoxy) is 1. The second-order valence-electron chi connectivity index (χ2n) is 7.09. The maximum Gasteiger partial charge on any atom is 0.461 e. The zero-order valence-corrected chi connectivity index (χ0v) is 14.2. The zero-order chi connectivity index (χ0) is 18.0. The Morgan fingerprint density at radius 2 is 1.75 bits per heavy atom. The van der Waals surface area contributed by atoms with Crippen LogP contribution >= 0.6 is 0 Å². The van der Waals surface area contributed by atoms with E-state index in [1.165, 1.54) is 12.1 Å². The van der Waals surface area contributed by atoms with Crippen LogP contribution in [0, 0.1) is 5.41 Å². The summed E-state index contributed by atoms with van der Waals surface area (Å²) in [5.41, 5.74) is 0.633. The van der Waals surface area contributed by atoms with Crippen molar-refractivity contribution >= 4 is 0 Å². The number of halogens is 4. The van der Waals surface area contributed by atoms with E-state index in [-0.39, 0.29) is 17.2 Å². The molecule has 0 amide bonds. The van der Waals surface area contributed by atoms with Crippen molar-refractivity contribution in [3.63, 3.8) is 0 Å². The van der Waals surface area contributed by atoms with E-state index in [9.17, 15) is 17.6 Å². The summed E-state index contributed by atoms with van der Waals surface area (Å²) in [6.07, 6.45) is -8.36. The number of piperazine rings is 1. The summed E-state index contributed by atoms with van der Waals surface area (Å²) >= 11 is 0. The van der Waals surface area contributed by atoms with Gasteiger partial charge in [0, 0.05) is 32.2 Å². The predicted octanol–water partition coefficient (Wildman–Crippen LogP) is 3.92. The summed E-state index contributed by atoms with van der Waals surface area (Å²) in [4.78, 5) is 2.28. The summed E-state index contributed by atoms with van der Waals surface area (Å²) in [7, 11) is 0. The Bertz CT molecular complexity index is 540. The Kier molecular flexibility index (Phi) is 5.75. The Hall–Kier alpha value is -1.34. The van der Waals surface area contributed by atoms with Crippen molar-refractivity contribution in [3.8, 4) is 5.75 Å². The second-order valence-corrected chi connectivity index (χ2v) is 7.09. The molecule has 1 saturated heterocycles. The average Bonchev–Trinajstić information content (AvgIpc) is 2.47. The Morgan fingerprint density at radius 1 is 1.12 bits per heavy atom. The van der Waals surface area contributed by atoms with Gasteiger partial charge in [0.1, 0.15) is 5.75 Å². The lowest BCUT2D eigenvalue weighted by Gasteiger charge is -2.42. The molecule has 3 nitrogen and oxygen atoms in total. The van der Waals surface area contributed by atoms with E-state index in [0.717, 1.165) is 31.7 Å². The van der Waals surface area contributed by atoms with Crippen LogP contribution in [0.4, 0.5) is 17.6 Å². The minimum Gasteiger partial charge on any atom is -0.428 e.